The number of hydrogen-bond donors (Lipinski definition) is 0. The van der Waals surface area contributed by atoms with Crippen LogP contribution < -0.4 is 5.56 Å². The molecule has 3 aromatic rings. The van der Waals surface area contributed by atoms with Crippen molar-refractivity contribution in [2.75, 3.05) is 7.05 Å². The lowest BCUT2D eigenvalue weighted by Gasteiger charge is -2.35. The Labute approximate surface area is 172 Å². The molecule has 2 aromatic heterocycles. The molecule has 1 aromatic carbocycles. The standard InChI is InChI=1S/C21H24N6O3/c1-3-25-17(28)14-9-5-6-10-15(14)27-16(22-23-19(25)27)13-26-18(29)21(24(2)20(26)30)11-7-4-8-12-21/h5-6,9-10H,3-4,7-8,11-13H2,1-2H3. The number of carbonyl (C=O) groups excluding carboxylic acids is 2. The van der Waals surface area contributed by atoms with Gasteiger partial charge in [0.2, 0.25) is 5.78 Å². The first-order chi connectivity index (χ1) is 14.5. The Morgan fingerprint density at radius 2 is 1.77 bits per heavy atom. The summed E-state index contributed by atoms with van der Waals surface area (Å²) >= 11 is 0. The minimum atomic E-state index is -0.733. The van der Waals surface area contributed by atoms with E-state index in [9.17, 15) is 14.4 Å². The molecule has 0 radical (unpaired) electrons. The maximum Gasteiger partial charge on any atom is 0.327 e. The first-order valence-corrected chi connectivity index (χ1v) is 10.4. The number of hydrogen-bond acceptors (Lipinski definition) is 5. The zero-order chi connectivity index (χ0) is 21.0. The first kappa shape index (κ1) is 18.8. The number of imide groups is 1. The molecule has 1 saturated heterocycles. The van der Waals surface area contributed by atoms with E-state index in [-0.39, 0.29) is 24.0 Å². The molecule has 2 aliphatic rings. The van der Waals surface area contributed by atoms with Gasteiger partial charge in [0.1, 0.15) is 5.54 Å². The Hall–Kier alpha value is -3.23. The van der Waals surface area contributed by atoms with Crippen LogP contribution >= 0.6 is 0 Å². The lowest BCUT2D eigenvalue weighted by molar-refractivity contribution is -0.134. The summed E-state index contributed by atoms with van der Waals surface area (Å²) in [5, 5.41) is 9.05. The molecule has 2 fully saturated rings. The molecule has 1 aliphatic carbocycles. The van der Waals surface area contributed by atoms with Gasteiger partial charge in [0.05, 0.1) is 17.4 Å². The predicted octanol–water partition coefficient (Wildman–Crippen LogP) is 2.16. The molecule has 9 nitrogen and oxygen atoms in total. The summed E-state index contributed by atoms with van der Waals surface area (Å²) in [6.07, 6.45) is 4.37. The summed E-state index contributed by atoms with van der Waals surface area (Å²) in [6, 6.07) is 6.96. The van der Waals surface area contributed by atoms with E-state index in [4.69, 9.17) is 0 Å². The first-order valence-electron chi connectivity index (χ1n) is 10.4. The van der Waals surface area contributed by atoms with Gasteiger partial charge in [-0.05, 0) is 31.9 Å². The Morgan fingerprint density at radius 3 is 2.50 bits per heavy atom. The number of benzene rings is 1. The van der Waals surface area contributed by atoms with Crippen LogP contribution in [0.3, 0.4) is 0 Å². The highest BCUT2D eigenvalue weighted by Gasteiger charge is 2.55. The Balaban J connectivity index is 1.63. The highest BCUT2D eigenvalue weighted by Crippen LogP contribution is 2.39. The van der Waals surface area contributed by atoms with Crippen molar-refractivity contribution in [2.45, 2.75) is 57.7 Å². The number of aromatic nitrogens is 4. The molecule has 0 atom stereocenters. The molecule has 30 heavy (non-hydrogen) atoms. The van der Waals surface area contributed by atoms with Crippen molar-refractivity contribution < 1.29 is 9.59 Å². The second-order valence-electron chi connectivity index (χ2n) is 8.14. The van der Waals surface area contributed by atoms with Crippen LogP contribution in [0.25, 0.3) is 16.7 Å². The van der Waals surface area contributed by atoms with Crippen LogP contribution in [0.2, 0.25) is 0 Å². The monoisotopic (exact) mass is 408 g/mol. The van der Waals surface area contributed by atoms with Crippen LogP contribution in [0.5, 0.6) is 0 Å². The van der Waals surface area contributed by atoms with Crippen molar-refractivity contribution in [3.8, 4) is 0 Å². The second kappa shape index (κ2) is 6.65. The molecular formula is C21H24N6O3. The quantitative estimate of drug-likeness (QED) is 0.619. The molecule has 5 rings (SSSR count). The van der Waals surface area contributed by atoms with E-state index in [2.05, 4.69) is 10.2 Å². The minimum Gasteiger partial charge on any atom is -0.313 e. The van der Waals surface area contributed by atoms with E-state index < -0.39 is 5.54 Å². The zero-order valence-electron chi connectivity index (χ0n) is 17.2. The number of carbonyl (C=O) groups is 2. The van der Waals surface area contributed by atoms with Crippen LogP contribution in [0.4, 0.5) is 4.79 Å². The fraction of sp³-hybridized carbons (Fsp3) is 0.476. The lowest BCUT2D eigenvalue weighted by Crippen LogP contribution is -2.49. The Morgan fingerprint density at radius 1 is 1.03 bits per heavy atom. The van der Waals surface area contributed by atoms with Crippen molar-refractivity contribution in [3.63, 3.8) is 0 Å². The molecule has 1 saturated carbocycles. The van der Waals surface area contributed by atoms with Gasteiger partial charge in [-0.15, -0.1) is 10.2 Å². The van der Waals surface area contributed by atoms with Gasteiger partial charge >= 0.3 is 6.03 Å². The zero-order valence-corrected chi connectivity index (χ0v) is 17.2. The van der Waals surface area contributed by atoms with Gasteiger partial charge < -0.3 is 4.90 Å². The van der Waals surface area contributed by atoms with Gasteiger partial charge in [-0.25, -0.2) is 4.79 Å². The van der Waals surface area contributed by atoms with E-state index in [0.717, 1.165) is 19.3 Å². The minimum absolute atomic E-state index is 0.0246. The summed E-state index contributed by atoms with van der Waals surface area (Å²) in [5.74, 6) is 0.724. The van der Waals surface area contributed by atoms with Crippen molar-refractivity contribution in [2.24, 2.45) is 0 Å². The SMILES string of the molecule is CCn1c(=O)c2ccccc2n2c(CN3C(=O)N(C)C4(CCCCC4)C3=O)nnc12. The number of likely N-dealkylation sites (N-methyl/N-ethyl adjacent to an activating group) is 1. The fourth-order valence-electron chi connectivity index (χ4n) is 5.01. The lowest BCUT2D eigenvalue weighted by atomic mass is 9.81. The predicted molar refractivity (Wildman–Crippen MR) is 110 cm³/mol. The van der Waals surface area contributed by atoms with Crippen LogP contribution in [0.15, 0.2) is 29.1 Å². The highest BCUT2D eigenvalue weighted by atomic mass is 16.2. The molecule has 1 spiro atoms. The van der Waals surface area contributed by atoms with Crippen molar-refractivity contribution in [1.82, 2.24) is 29.0 Å². The smallest absolute Gasteiger partial charge is 0.313 e. The Bertz CT molecular complexity index is 1240. The van der Waals surface area contributed by atoms with Crippen LogP contribution in [0.1, 0.15) is 44.9 Å². The van der Waals surface area contributed by atoms with Crippen molar-refractivity contribution in [1.29, 1.82) is 0 Å². The van der Waals surface area contributed by atoms with E-state index in [1.165, 1.54) is 4.90 Å². The highest BCUT2D eigenvalue weighted by molar-refractivity contribution is 6.06. The third-order valence-corrected chi connectivity index (χ3v) is 6.67. The summed E-state index contributed by atoms with van der Waals surface area (Å²) in [4.78, 5) is 42.1. The maximum absolute atomic E-state index is 13.4. The summed E-state index contributed by atoms with van der Waals surface area (Å²) < 4.78 is 3.34. The fourth-order valence-corrected chi connectivity index (χ4v) is 5.01. The van der Waals surface area contributed by atoms with E-state index in [1.807, 2.05) is 25.1 Å². The second-order valence-corrected chi connectivity index (χ2v) is 8.14. The van der Waals surface area contributed by atoms with E-state index >= 15 is 0 Å². The van der Waals surface area contributed by atoms with Crippen LogP contribution in [-0.2, 0) is 17.9 Å². The molecular weight excluding hydrogens is 384 g/mol. The molecule has 156 valence electrons. The molecule has 3 heterocycles. The van der Waals surface area contributed by atoms with E-state index in [0.29, 0.717) is 41.9 Å². The molecule has 0 bridgehead atoms. The van der Waals surface area contributed by atoms with Crippen molar-refractivity contribution >= 4 is 28.6 Å². The van der Waals surface area contributed by atoms with Gasteiger partial charge in [0.15, 0.2) is 5.82 Å². The van der Waals surface area contributed by atoms with Gasteiger partial charge in [-0.2, -0.15) is 0 Å². The number of aryl methyl sites for hydroxylation is 1. The number of amides is 3. The largest absolute Gasteiger partial charge is 0.327 e. The number of urea groups is 1. The van der Waals surface area contributed by atoms with Gasteiger partial charge in [-0.1, -0.05) is 31.4 Å². The van der Waals surface area contributed by atoms with Gasteiger partial charge in [-0.3, -0.25) is 23.5 Å². The maximum atomic E-state index is 13.4. The molecule has 0 unspecified atom stereocenters. The topological polar surface area (TPSA) is 92.8 Å². The van der Waals surface area contributed by atoms with Gasteiger partial charge in [0.25, 0.3) is 11.5 Å². The number of fused-ring (bicyclic) bond motifs is 3. The van der Waals surface area contributed by atoms with Crippen LogP contribution in [0, 0.1) is 0 Å². The summed E-state index contributed by atoms with van der Waals surface area (Å²) in [7, 11) is 1.72. The molecule has 1 aliphatic heterocycles. The van der Waals surface area contributed by atoms with Crippen LogP contribution in [-0.4, -0.2) is 53.5 Å². The number of para-hydroxylation sites is 1. The average molecular weight is 408 g/mol. The molecule has 3 amide bonds. The normalized spacial score (nSPS) is 19.0. The Kier molecular flexibility index (Phi) is 4.16. The average Bonchev–Trinajstić information content (AvgIpc) is 3.26. The molecule has 0 N–H and O–H groups in total. The van der Waals surface area contributed by atoms with Crippen molar-refractivity contribution in [3.05, 3.63) is 40.4 Å². The summed E-state index contributed by atoms with van der Waals surface area (Å²) in [6.45, 7) is 2.34. The third-order valence-electron chi connectivity index (χ3n) is 6.67. The number of rotatable bonds is 3. The van der Waals surface area contributed by atoms with E-state index in [1.54, 1.807) is 27.0 Å². The third kappa shape index (κ3) is 2.37. The molecule has 9 heteroatoms. The summed E-state index contributed by atoms with van der Waals surface area (Å²) in [5.41, 5.74) is -0.195. The van der Waals surface area contributed by atoms with Gasteiger partial charge in [0, 0.05) is 13.6 Å². The number of nitrogens with zero attached hydrogens (tertiary/aromatic N) is 6.